The number of hydrogen-bond acceptors (Lipinski definition) is 6. The first kappa shape index (κ1) is 26.4. The molecule has 9 nitrogen and oxygen atoms in total. The summed E-state index contributed by atoms with van der Waals surface area (Å²) in [6.07, 6.45) is 1.16. The van der Waals surface area contributed by atoms with Crippen LogP contribution in [0.3, 0.4) is 0 Å². The highest BCUT2D eigenvalue weighted by atomic mass is 35.5. The van der Waals surface area contributed by atoms with Crippen molar-refractivity contribution in [2.75, 3.05) is 0 Å². The van der Waals surface area contributed by atoms with E-state index in [4.69, 9.17) is 21.1 Å². The molecule has 0 aliphatic carbocycles. The number of Topliss-reactive ketones (excluding diaryl/α,β-unsaturated/α-hetero) is 1. The number of rotatable bonds is 8. The van der Waals surface area contributed by atoms with Gasteiger partial charge in [-0.3, -0.25) is 4.79 Å². The van der Waals surface area contributed by atoms with Crippen molar-refractivity contribution in [1.82, 2.24) is 20.0 Å². The van der Waals surface area contributed by atoms with Crippen molar-refractivity contribution < 1.29 is 23.9 Å². The highest BCUT2D eigenvalue weighted by molar-refractivity contribution is 6.30. The number of amides is 2. The first-order valence-corrected chi connectivity index (χ1v) is 12.0. The van der Waals surface area contributed by atoms with Crippen LogP contribution in [0.15, 0.2) is 97.3 Å². The average molecular weight is 533 g/mol. The third kappa shape index (κ3) is 6.77. The lowest BCUT2D eigenvalue weighted by molar-refractivity contribution is 0.0413. The minimum Gasteiger partial charge on any atom is -0.443 e. The molecular weight excluding hydrogens is 508 g/mol. The van der Waals surface area contributed by atoms with Gasteiger partial charge in [0.15, 0.2) is 5.82 Å². The first-order chi connectivity index (χ1) is 18.4. The van der Waals surface area contributed by atoms with Crippen LogP contribution in [0, 0.1) is 0 Å². The maximum atomic E-state index is 13.7. The molecule has 0 aliphatic rings. The van der Waals surface area contributed by atoms with Crippen LogP contribution in [0.2, 0.25) is 5.02 Å². The number of aromatic nitrogens is 2. The molecule has 194 valence electrons. The van der Waals surface area contributed by atoms with Crippen molar-refractivity contribution in [3.63, 3.8) is 0 Å². The van der Waals surface area contributed by atoms with E-state index in [9.17, 15) is 14.4 Å². The number of ketones is 1. The molecule has 0 radical (unpaired) electrons. The Morgan fingerprint density at radius 2 is 1.47 bits per heavy atom. The van der Waals surface area contributed by atoms with Gasteiger partial charge < -0.3 is 14.0 Å². The Bertz CT molecular complexity index is 1380. The molecule has 1 N–H and O–H groups in total. The molecule has 0 saturated heterocycles. The number of nitrogens with zero attached hydrogens (tertiary/aromatic N) is 3. The van der Waals surface area contributed by atoms with Crippen LogP contribution in [0.1, 0.15) is 33.4 Å². The van der Waals surface area contributed by atoms with Gasteiger partial charge in [-0.1, -0.05) is 84.4 Å². The van der Waals surface area contributed by atoms with Crippen molar-refractivity contribution in [2.45, 2.75) is 19.3 Å². The predicted molar refractivity (Wildman–Crippen MR) is 140 cm³/mol. The monoisotopic (exact) mass is 532 g/mol. The third-order valence-electron chi connectivity index (χ3n) is 5.56. The Kier molecular flexibility index (Phi) is 8.73. The summed E-state index contributed by atoms with van der Waals surface area (Å²) in [4.78, 5) is 44.1. The maximum Gasteiger partial charge on any atom is 0.430 e. The number of aryl methyl sites for hydroxylation is 1. The van der Waals surface area contributed by atoms with E-state index in [0.717, 1.165) is 16.1 Å². The fourth-order valence-corrected chi connectivity index (χ4v) is 3.77. The number of benzene rings is 3. The maximum absolute atomic E-state index is 13.7. The molecule has 1 aromatic heterocycles. The van der Waals surface area contributed by atoms with Gasteiger partial charge in [0, 0.05) is 24.5 Å². The molecule has 38 heavy (non-hydrogen) atoms. The first-order valence-electron chi connectivity index (χ1n) is 11.7. The fourth-order valence-electron chi connectivity index (χ4n) is 3.65. The lowest BCUT2D eigenvalue weighted by Gasteiger charge is -2.30. The van der Waals surface area contributed by atoms with Gasteiger partial charge >= 0.3 is 12.2 Å². The summed E-state index contributed by atoms with van der Waals surface area (Å²) in [5, 5.41) is 1.25. The molecule has 10 heteroatoms. The van der Waals surface area contributed by atoms with Crippen molar-refractivity contribution in [2.24, 2.45) is 7.05 Å². The van der Waals surface area contributed by atoms with Gasteiger partial charge in [0.25, 0.3) is 0 Å². The number of hydrogen-bond donors (Lipinski definition) is 1. The Hall–Kier alpha value is -4.63. The topological polar surface area (TPSA) is 103 Å². The Labute approximate surface area is 224 Å². The second kappa shape index (κ2) is 12.6. The van der Waals surface area contributed by atoms with Gasteiger partial charge in [0.2, 0.25) is 5.78 Å². The zero-order chi connectivity index (χ0) is 26.9. The van der Waals surface area contributed by atoms with E-state index >= 15 is 0 Å². The minimum absolute atomic E-state index is 0.0432. The summed E-state index contributed by atoms with van der Waals surface area (Å²) >= 11 is 6.07. The number of halogens is 1. The van der Waals surface area contributed by atoms with Crippen LogP contribution < -0.4 is 5.43 Å². The van der Waals surface area contributed by atoms with Gasteiger partial charge in [0.1, 0.15) is 19.3 Å². The van der Waals surface area contributed by atoms with Gasteiger partial charge in [0.05, 0.1) is 0 Å². The highest BCUT2D eigenvalue weighted by Gasteiger charge is 2.37. The molecule has 2 amide bonds. The molecule has 1 heterocycles. The van der Waals surface area contributed by atoms with E-state index in [0.29, 0.717) is 10.6 Å². The standard InChI is InChI=1S/C28H25ClN4O5/c1-32-17-16-30-26(32)25(34)24(22-12-14-23(29)15-13-22)33(28(36)38-19-21-10-6-3-7-11-21)31-27(35)37-18-20-8-4-2-5-9-20/h2-17,24H,18-19H2,1H3,(H,31,35)/t24-/m1/s1. The molecule has 1 atom stereocenters. The number of carbonyl (C=O) groups excluding carboxylic acids is 3. The lowest BCUT2D eigenvalue weighted by Crippen LogP contribution is -2.51. The van der Waals surface area contributed by atoms with Crippen molar-refractivity contribution >= 4 is 29.6 Å². The number of carbonyl (C=O) groups is 3. The number of imidazole rings is 1. The van der Waals surface area contributed by atoms with E-state index in [1.807, 2.05) is 24.3 Å². The molecule has 0 aliphatic heterocycles. The van der Waals surface area contributed by atoms with Crippen LogP contribution >= 0.6 is 11.6 Å². The zero-order valence-corrected chi connectivity index (χ0v) is 21.2. The van der Waals surface area contributed by atoms with Crippen LogP contribution in [-0.2, 0) is 29.7 Å². The van der Waals surface area contributed by atoms with Crippen LogP contribution in [-0.4, -0.2) is 32.5 Å². The fraction of sp³-hybridized carbons (Fsp3) is 0.143. The number of ether oxygens (including phenoxy) is 2. The zero-order valence-electron chi connectivity index (χ0n) is 20.5. The molecule has 3 aromatic carbocycles. The van der Waals surface area contributed by atoms with Gasteiger partial charge in [-0.25, -0.2) is 25.0 Å². The summed E-state index contributed by atoms with van der Waals surface area (Å²) in [6.45, 7) is -0.126. The second-order valence-electron chi connectivity index (χ2n) is 8.26. The molecule has 4 rings (SSSR count). The molecule has 0 fully saturated rings. The summed E-state index contributed by atoms with van der Waals surface area (Å²) in [6, 6.07) is 23.1. The number of hydrazine groups is 1. The molecular formula is C28H25ClN4O5. The van der Waals surface area contributed by atoms with E-state index < -0.39 is 24.0 Å². The molecule has 0 spiro atoms. The van der Waals surface area contributed by atoms with E-state index in [1.54, 1.807) is 73.9 Å². The normalized spacial score (nSPS) is 11.3. The molecule has 0 saturated carbocycles. The predicted octanol–water partition coefficient (Wildman–Crippen LogP) is 5.48. The van der Waals surface area contributed by atoms with Crippen LogP contribution in [0.4, 0.5) is 9.59 Å². The Morgan fingerprint density at radius 3 is 2.03 bits per heavy atom. The smallest absolute Gasteiger partial charge is 0.430 e. The summed E-state index contributed by atoms with van der Waals surface area (Å²) in [5.41, 5.74) is 4.26. The molecule has 4 aromatic rings. The van der Waals surface area contributed by atoms with Gasteiger partial charge in [-0.2, -0.15) is 0 Å². The quantitative estimate of drug-likeness (QED) is 0.238. The molecule has 0 unspecified atom stereocenters. The van der Waals surface area contributed by atoms with E-state index in [2.05, 4.69) is 10.4 Å². The summed E-state index contributed by atoms with van der Waals surface area (Å²) < 4.78 is 12.3. The summed E-state index contributed by atoms with van der Waals surface area (Å²) in [7, 11) is 1.65. The Balaban J connectivity index is 1.64. The van der Waals surface area contributed by atoms with Crippen LogP contribution in [0.25, 0.3) is 0 Å². The minimum atomic E-state index is -1.33. The van der Waals surface area contributed by atoms with E-state index in [1.165, 1.54) is 10.8 Å². The van der Waals surface area contributed by atoms with Crippen LogP contribution in [0.5, 0.6) is 0 Å². The van der Waals surface area contributed by atoms with Gasteiger partial charge in [-0.05, 0) is 28.8 Å². The molecule has 0 bridgehead atoms. The largest absolute Gasteiger partial charge is 0.443 e. The summed E-state index contributed by atoms with van der Waals surface area (Å²) in [5.74, 6) is -0.481. The number of nitrogens with one attached hydrogen (secondary N) is 1. The highest BCUT2D eigenvalue weighted by Crippen LogP contribution is 2.26. The van der Waals surface area contributed by atoms with Crippen molar-refractivity contribution in [3.05, 3.63) is 125 Å². The average Bonchev–Trinajstić information content (AvgIpc) is 3.38. The SMILES string of the molecule is Cn1ccnc1C(=O)[C@@H](c1ccc(Cl)cc1)N(NC(=O)OCc1ccccc1)C(=O)OCc1ccccc1. The second-order valence-corrected chi connectivity index (χ2v) is 8.70. The Morgan fingerprint density at radius 1 is 0.895 bits per heavy atom. The third-order valence-corrected chi connectivity index (χ3v) is 5.81. The van der Waals surface area contributed by atoms with Gasteiger partial charge in [-0.15, -0.1) is 0 Å². The lowest BCUT2D eigenvalue weighted by atomic mass is 10.0. The van der Waals surface area contributed by atoms with Crippen molar-refractivity contribution in [1.29, 1.82) is 0 Å². The van der Waals surface area contributed by atoms with Crippen molar-refractivity contribution in [3.8, 4) is 0 Å². The van der Waals surface area contributed by atoms with E-state index in [-0.39, 0.29) is 19.0 Å².